The summed E-state index contributed by atoms with van der Waals surface area (Å²) in [6, 6.07) is 8.34. The highest BCUT2D eigenvalue weighted by Gasteiger charge is 2.36. The zero-order valence-electron chi connectivity index (χ0n) is 12.0. The lowest BCUT2D eigenvalue weighted by atomic mass is 10.1. The van der Waals surface area contributed by atoms with E-state index in [9.17, 15) is 14.2 Å². The van der Waals surface area contributed by atoms with Gasteiger partial charge in [0.15, 0.2) is 0 Å². The van der Waals surface area contributed by atoms with Gasteiger partial charge in [0.25, 0.3) is 5.91 Å². The molecule has 2 amide bonds. The van der Waals surface area contributed by atoms with Crippen LogP contribution in [-0.2, 0) is 20.7 Å². The first kappa shape index (κ1) is 16.5. The number of nitrogens with zero attached hydrogens (tertiary/aromatic N) is 1. The van der Waals surface area contributed by atoms with Crippen molar-refractivity contribution >= 4 is 19.6 Å². The van der Waals surface area contributed by atoms with Crippen LogP contribution in [0.15, 0.2) is 30.3 Å². The normalized spacial score (nSPS) is 18.9. The van der Waals surface area contributed by atoms with Crippen molar-refractivity contribution in [2.24, 2.45) is 11.0 Å². The molecule has 9 heteroatoms. The number of rotatable bonds is 4. The van der Waals surface area contributed by atoms with Gasteiger partial charge in [-0.3, -0.25) is 25.0 Å². The predicted octanol–water partition coefficient (Wildman–Crippen LogP) is 0.929. The number of nitrogens with one attached hydrogen (secondary N) is 1. The summed E-state index contributed by atoms with van der Waals surface area (Å²) in [5, 5.41) is 2.46. The fourth-order valence-corrected chi connectivity index (χ4v) is 3.11. The number of hydrogen-bond donors (Lipinski definition) is 3. The van der Waals surface area contributed by atoms with E-state index >= 15 is 0 Å². The highest BCUT2D eigenvalue weighted by Crippen LogP contribution is 2.35. The highest BCUT2D eigenvalue weighted by atomic mass is 31.2. The Labute approximate surface area is 128 Å². The summed E-state index contributed by atoms with van der Waals surface area (Å²) in [6.07, 6.45) is 0.261. The molecule has 8 nitrogen and oxygen atoms in total. The Bertz CT molecular complexity index is 589. The molecule has 1 aliphatic rings. The number of benzene rings is 1. The molecule has 0 aliphatic carbocycles. The largest absolute Gasteiger partial charge is 0.445 e. The molecule has 0 saturated carbocycles. The fourth-order valence-electron chi connectivity index (χ4n) is 2.21. The first-order valence-electron chi connectivity index (χ1n) is 6.84. The molecule has 1 atom stereocenters. The van der Waals surface area contributed by atoms with E-state index in [0.29, 0.717) is 12.8 Å². The molecule has 5 N–H and O–H groups in total. The van der Waals surface area contributed by atoms with Gasteiger partial charge in [-0.25, -0.2) is 4.79 Å². The number of alkyl carbamates (subject to hydrolysis) is 1. The average molecular weight is 326 g/mol. The van der Waals surface area contributed by atoms with E-state index in [-0.39, 0.29) is 13.2 Å². The molecule has 120 valence electrons. The van der Waals surface area contributed by atoms with Gasteiger partial charge < -0.3 is 10.1 Å². The van der Waals surface area contributed by atoms with Crippen LogP contribution in [0.3, 0.4) is 0 Å². The molecule has 0 aromatic heterocycles. The molecular formula is C13H19N4O4P. The van der Waals surface area contributed by atoms with Gasteiger partial charge in [0.2, 0.25) is 0 Å². The lowest BCUT2D eigenvalue weighted by Gasteiger charge is -2.33. The maximum absolute atomic E-state index is 12.1. The van der Waals surface area contributed by atoms with Crippen molar-refractivity contribution < 1.29 is 18.9 Å². The standard InChI is InChI=1S/C13H19N4O4P/c14-22(15,20)17-8-4-7-11(12(17)18)16-13(19)21-9-10-5-2-1-3-6-10/h1-3,5-6,11H,4,7-9H2,(H,16,19)(H4,14,15,20)/t11-/m0/s1. The Morgan fingerprint density at radius 2 is 2.05 bits per heavy atom. The Balaban J connectivity index is 1.88. The molecule has 1 aliphatic heterocycles. The maximum Gasteiger partial charge on any atom is 0.408 e. The first-order chi connectivity index (χ1) is 10.4. The lowest BCUT2D eigenvalue weighted by Crippen LogP contribution is -2.52. The lowest BCUT2D eigenvalue weighted by molar-refractivity contribution is -0.130. The van der Waals surface area contributed by atoms with E-state index in [2.05, 4.69) is 5.32 Å². The third-order valence-corrected chi connectivity index (χ3v) is 4.45. The summed E-state index contributed by atoms with van der Waals surface area (Å²) >= 11 is 0. The van der Waals surface area contributed by atoms with Gasteiger partial charge in [-0.15, -0.1) is 0 Å². The van der Waals surface area contributed by atoms with Crippen LogP contribution < -0.4 is 16.3 Å². The van der Waals surface area contributed by atoms with Crippen molar-refractivity contribution in [1.82, 2.24) is 9.99 Å². The number of piperidine rings is 1. The summed E-state index contributed by atoms with van der Waals surface area (Å²) in [7, 11) is -3.65. The SMILES string of the molecule is NP(N)(=O)N1CCC[C@H](NC(=O)OCc2ccccc2)C1=O. The number of carbonyl (C=O) groups excluding carboxylic acids is 2. The summed E-state index contributed by atoms with van der Waals surface area (Å²) in [5.74, 6) is -0.545. The number of ether oxygens (including phenoxy) is 1. The fraction of sp³-hybridized carbons (Fsp3) is 0.385. The van der Waals surface area contributed by atoms with Gasteiger partial charge >= 0.3 is 13.7 Å². The molecule has 2 rings (SSSR count). The molecule has 1 fully saturated rings. The minimum Gasteiger partial charge on any atom is -0.445 e. The van der Waals surface area contributed by atoms with Crippen molar-refractivity contribution in [3.8, 4) is 0 Å². The number of nitrogens with two attached hydrogens (primary N) is 2. The Morgan fingerprint density at radius 1 is 1.36 bits per heavy atom. The zero-order chi connectivity index (χ0) is 16.2. The predicted molar refractivity (Wildman–Crippen MR) is 80.5 cm³/mol. The quantitative estimate of drug-likeness (QED) is 0.706. The van der Waals surface area contributed by atoms with Crippen molar-refractivity contribution in [2.75, 3.05) is 6.54 Å². The molecule has 1 aromatic rings. The molecule has 0 unspecified atom stereocenters. The van der Waals surface area contributed by atoms with Gasteiger partial charge in [0.1, 0.15) is 12.6 Å². The molecule has 1 aromatic carbocycles. The van der Waals surface area contributed by atoms with Gasteiger partial charge in [0.05, 0.1) is 0 Å². The van der Waals surface area contributed by atoms with Crippen LogP contribution >= 0.6 is 7.59 Å². The highest BCUT2D eigenvalue weighted by molar-refractivity contribution is 7.57. The van der Waals surface area contributed by atoms with Crippen molar-refractivity contribution in [3.63, 3.8) is 0 Å². The molecule has 0 radical (unpaired) electrons. The Hall–Kier alpha value is -1.89. The van der Waals surface area contributed by atoms with Crippen molar-refractivity contribution in [1.29, 1.82) is 0 Å². The summed E-state index contributed by atoms with van der Waals surface area (Å²) in [5.41, 5.74) is 11.5. The Morgan fingerprint density at radius 3 is 2.68 bits per heavy atom. The van der Waals surface area contributed by atoms with Crippen LogP contribution in [0, 0.1) is 0 Å². The molecule has 0 bridgehead atoms. The molecule has 1 saturated heterocycles. The monoisotopic (exact) mass is 326 g/mol. The van der Waals surface area contributed by atoms with Crippen LogP contribution in [0.5, 0.6) is 0 Å². The second kappa shape index (κ2) is 6.91. The Kier molecular flexibility index (Phi) is 5.18. The van der Waals surface area contributed by atoms with Crippen LogP contribution in [0.25, 0.3) is 0 Å². The van der Waals surface area contributed by atoms with E-state index in [1.54, 1.807) is 0 Å². The van der Waals surface area contributed by atoms with Gasteiger partial charge in [-0.05, 0) is 18.4 Å². The van der Waals surface area contributed by atoms with Crippen LogP contribution in [0.2, 0.25) is 0 Å². The van der Waals surface area contributed by atoms with E-state index in [0.717, 1.165) is 10.2 Å². The minimum absolute atomic E-state index is 0.101. The topological polar surface area (TPSA) is 128 Å². The average Bonchev–Trinajstić information content (AvgIpc) is 2.47. The van der Waals surface area contributed by atoms with E-state index in [1.807, 2.05) is 30.3 Å². The van der Waals surface area contributed by atoms with Gasteiger partial charge in [0, 0.05) is 6.54 Å². The molecular weight excluding hydrogens is 307 g/mol. The number of hydrogen-bond acceptors (Lipinski definition) is 4. The summed E-state index contributed by atoms with van der Waals surface area (Å²) in [6.45, 7) is 0.323. The molecule has 1 heterocycles. The van der Waals surface area contributed by atoms with Crippen LogP contribution in [0.1, 0.15) is 18.4 Å². The van der Waals surface area contributed by atoms with Crippen LogP contribution in [-0.4, -0.2) is 29.3 Å². The summed E-state index contributed by atoms with van der Waals surface area (Å²) < 4.78 is 17.6. The van der Waals surface area contributed by atoms with Crippen molar-refractivity contribution in [3.05, 3.63) is 35.9 Å². The van der Waals surface area contributed by atoms with Crippen molar-refractivity contribution in [2.45, 2.75) is 25.5 Å². The molecule has 0 spiro atoms. The second-order valence-electron chi connectivity index (χ2n) is 5.03. The van der Waals surface area contributed by atoms with E-state index in [1.165, 1.54) is 0 Å². The third-order valence-electron chi connectivity index (χ3n) is 3.30. The van der Waals surface area contributed by atoms with Gasteiger partial charge in [-0.1, -0.05) is 30.3 Å². The minimum atomic E-state index is -3.65. The smallest absolute Gasteiger partial charge is 0.408 e. The second-order valence-corrected chi connectivity index (χ2v) is 6.86. The van der Waals surface area contributed by atoms with Gasteiger partial charge in [-0.2, -0.15) is 0 Å². The summed E-state index contributed by atoms with van der Waals surface area (Å²) in [4.78, 5) is 23.9. The van der Waals surface area contributed by atoms with Crippen LogP contribution in [0.4, 0.5) is 4.79 Å². The number of carbonyl (C=O) groups is 2. The maximum atomic E-state index is 12.1. The van der Waals surface area contributed by atoms with E-state index < -0.39 is 25.6 Å². The third kappa shape index (κ3) is 4.30. The number of amides is 2. The zero-order valence-corrected chi connectivity index (χ0v) is 12.9. The molecule has 22 heavy (non-hydrogen) atoms. The van der Waals surface area contributed by atoms with E-state index in [4.69, 9.17) is 15.7 Å². The first-order valence-corrected chi connectivity index (χ1v) is 8.64.